The summed E-state index contributed by atoms with van der Waals surface area (Å²) in [6.07, 6.45) is 1.90. The van der Waals surface area contributed by atoms with E-state index in [9.17, 15) is 0 Å². The van der Waals surface area contributed by atoms with E-state index >= 15 is 0 Å². The molecule has 0 spiro atoms. The molecule has 0 aliphatic carbocycles. The van der Waals surface area contributed by atoms with Crippen LogP contribution in [0.3, 0.4) is 0 Å². The fourth-order valence-corrected chi connectivity index (χ4v) is 4.92. The third-order valence-corrected chi connectivity index (χ3v) is 6.88. The first-order chi connectivity index (χ1) is 16.2. The van der Waals surface area contributed by atoms with Crippen LogP contribution in [0.25, 0.3) is 22.7 Å². The summed E-state index contributed by atoms with van der Waals surface area (Å²) >= 11 is 3.54. The number of fused-ring (bicyclic) bond motifs is 6. The maximum atomic E-state index is 6.44. The zero-order valence-corrected chi connectivity index (χ0v) is 20.1. The molecule has 0 amide bonds. The number of aliphatic imine (C=N–C) groups is 1. The van der Waals surface area contributed by atoms with E-state index in [-0.39, 0.29) is 6.17 Å². The molecule has 3 heterocycles. The van der Waals surface area contributed by atoms with Crippen molar-refractivity contribution in [1.82, 2.24) is 9.55 Å². The Morgan fingerprint density at radius 3 is 2.58 bits per heavy atom. The van der Waals surface area contributed by atoms with Crippen LogP contribution in [0.4, 0.5) is 5.69 Å². The van der Waals surface area contributed by atoms with Gasteiger partial charge < -0.3 is 9.64 Å². The summed E-state index contributed by atoms with van der Waals surface area (Å²) in [5, 5.41) is 0. The van der Waals surface area contributed by atoms with Gasteiger partial charge in [0.25, 0.3) is 0 Å². The molecule has 1 unspecified atom stereocenters. The standard InChI is InChI=1S/C27H23BrN4O/c1-3-31(4-2)20-14-11-18-15-21-26-29-22-7-5-6-8-23(22)32(26)25(17-9-12-19(28)13-10-17)30-27(21)33-24(18)16-20/h5-16,25H,3-4H2,1-2H3. The van der Waals surface area contributed by atoms with Crippen LogP contribution < -0.4 is 9.64 Å². The largest absolute Gasteiger partial charge is 0.438 e. The first-order valence-corrected chi connectivity index (χ1v) is 12.0. The van der Waals surface area contributed by atoms with E-state index in [1.165, 1.54) is 0 Å². The number of hydrogen-bond acceptors (Lipinski definition) is 4. The van der Waals surface area contributed by atoms with Crippen molar-refractivity contribution in [3.63, 3.8) is 0 Å². The SMILES string of the molecule is CCN(CC)c1ccc2c(c1)OC1=NC(c3ccc(Br)cc3)n3c(nc4ccccc43)C1=C2. The van der Waals surface area contributed by atoms with Gasteiger partial charge in [-0.25, -0.2) is 9.98 Å². The lowest BCUT2D eigenvalue weighted by molar-refractivity contribution is 0.515. The molecule has 33 heavy (non-hydrogen) atoms. The van der Waals surface area contributed by atoms with E-state index in [4.69, 9.17) is 14.7 Å². The highest BCUT2D eigenvalue weighted by Gasteiger charge is 2.33. The minimum absolute atomic E-state index is 0.250. The molecule has 0 bridgehead atoms. The van der Waals surface area contributed by atoms with Crippen LogP contribution >= 0.6 is 15.9 Å². The second-order valence-corrected chi connectivity index (χ2v) is 9.12. The lowest BCUT2D eigenvalue weighted by atomic mass is 10.0. The lowest BCUT2D eigenvalue weighted by Gasteiger charge is -2.29. The fourth-order valence-electron chi connectivity index (χ4n) is 4.66. The van der Waals surface area contributed by atoms with Crippen molar-refractivity contribution in [2.45, 2.75) is 20.0 Å². The Hall–Kier alpha value is -3.38. The fraction of sp³-hybridized carbons (Fsp3) is 0.185. The molecule has 0 saturated carbocycles. The zero-order valence-electron chi connectivity index (χ0n) is 18.5. The molecular formula is C27H23BrN4O. The molecule has 0 fully saturated rings. The van der Waals surface area contributed by atoms with Gasteiger partial charge in [-0.2, -0.15) is 0 Å². The molecular weight excluding hydrogens is 476 g/mol. The van der Waals surface area contributed by atoms with Crippen molar-refractivity contribution in [2.24, 2.45) is 4.99 Å². The summed E-state index contributed by atoms with van der Waals surface area (Å²) < 4.78 is 9.69. The smallest absolute Gasteiger partial charge is 0.228 e. The van der Waals surface area contributed by atoms with E-state index in [2.05, 4.69) is 81.7 Å². The van der Waals surface area contributed by atoms with Crippen LogP contribution in [-0.2, 0) is 0 Å². The molecule has 3 aromatic carbocycles. The average molecular weight is 499 g/mol. The number of hydrogen-bond donors (Lipinski definition) is 0. The van der Waals surface area contributed by atoms with E-state index in [1.54, 1.807) is 0 Å². The van der Waals surface area contributed by atoms with Crippen LogP contribution in [0.15, 0.2) is 76.2 Å². The van der Waals surface area contributed by atoms with Crippen LogP contribution in [0.5, 0.6) is 5.75 Å². The second kappa shape index (κ2) is 7.89. The highest BCUT2D eigenvalue weighted by Crippen LogP contribution is 2.41. The topological polar surface area (TPSA) is 42.6 Å². The summed E-state index contributed by atoms with van der Waals surface area (Å²) in [5.41, 5.74) is 6.22. The van der Waals surface area contributed by atoms with Gasteiger partial charge >= 0.3 is 0 Å². The van der Waals surface area contributed by atoms with Crippen molar-refractivity contribution < 1.29 is 4.74 Å². The minimum Gasteiger partial charge on any atom is -0.438 e. The number of rotatable bonds is 4. The Morgan fingerprint density at radius 1 is 1.00 bits per heavy atom. The van der Waals surface area contributed by atoms with Gasteiger partial charge in [-0.1, -0.05) is 40.2 Å². The normalized spacial score (nSPS) is 16.3. The van der Waals surface area contributed by atoms with Gasteiger partial charge in [-0.15, -0.1) is 0 Å². The number of halogens is 1. The molecule has 164 valence electrons. The Morgan fingerprint density at radius 2 is 1.79 bits per heavy atom. The van der Waals surface area contributed by atoms with Crippen LogP contribution in [0, 0.1) is 0 Å². The Balaban J connectivity index is 1.54. The van der Waals surface area contributed by atoms with E-state index in [1.807, 2.05) is 30.3 Å². The van der Waals surface area contributed by atoms with Crippen molar-refractivity contribution in [1.29, 1.82) is 0 Å². The molecule has 5 nitrogen and oxygen atoms in total. The molecule has 2 aliphatic rings. The summed E-state index contributed by atoms with van der Waals surface area (Å²) in [5.74, 6) is 2.34. The molecule has 1 aromatic heterocycles. The highest BCUT2D eigenvalue weighted by atomic mass is 79.9. The number of imidazole rings is 1. The number of nitrogens with zero attached hydrogens (tertiary/aromatic N) is 4. The van der Waals surface area contributed by atoms with E-state index in [0.29, 0.717) is 5.90 Å². The maximum Gasteiger partial charge on any atom is 0.228 e. The van der Waals surface area contributed by atoms with Gasteiger partial charge in [-0.3, -0.25) is 4.57 Å². The Bertz CT molecular complexity index is 1430. The van der Waals surface area contributed by atoms with Gasteiger partial charge in [0, 0.05) is 34.9 Å². The monoisotopic (exact) mass is 498 g/mol. The van der Waals surface area contributed by atoms with Crippen molar-refractivity contribution in [2.75, 3.05) is 18.0 Å². The van der Waals surface area contributed by atoms with Crippen LogP contribution in [-0.4, -0.2) is 28.5 Å². The first kappa shape index (κ1) is 20.2. The second-order valence-electron chi connectivity index (χ2n) is 8.21. The quantitative estimate of drug-likeness (QED) is 0.320. The van der Waals surface area contributed by atoms with Gasteiger partial charge in [0.1, 0.15) is 11.6 Å². The molecule has 0 radical (unpaired) electrons. The predicted octanol–water partition coefficient (Wildman–Crippen LogP) is 6.54. The summed E-state index contributed by atoms with van der Waals surface area (Å²) in [4.78, 5) is 12.4. The van der Waals surface area contributed by atoms with E-state index < -0.39 is 0 Å². The molecule has 6 rings (SSSR count). The summed E-state index contributed by atoms with van der Waals surface area (Å²) in [7, 11) is 0. The molecule has 6 heteroatoms. The summed E-state index contributed by atoms with van der Waals surface area (Å²) in [6, 6.07) is 22.9. The Labute approximate surface area is 201 Å². The van der Waals surface area contributed by atoms with Crippen molar-refractivity contribution >= 4 is 50.2 Å². The Kier molecular flexibility index (Phi) is 4.84. The molecule has 2 aliphatic heterocycles. The average Bonchev–Trinajstić information content (AvgIpc) is 3.24. The predicted molar refractivity (Wildman–Crippen MR) is 138 cm³/mol. The van der Waals surface area contributed by atoms with E-state index in [0.717, 1.165) is 62.6 Å². The third-order valence-electron chi connectivity index (χ3n) is 6.35. The van der Waals surface area contributed by atoms with Crippen molar-refractivity contribution in [3.05, 3.63) is 88.2 Å². The number of anilines is 1. The number of benzene rings is 3. The molecule has 0 saturated heterocycles. The highest BCUT2D eigenvalue weighted by molar-refractivity contribution is 9.10. The molecule has 0 N–H and O–H groups in total. The third kappa shape index (κ3) is 3.28. The van der Waals surface area contributed by atoms with Crippen LogP contribution in [0.1, 0.15) is 37.0 Å². The summed E-state index contributed by atoms with van der Waals surface area (Å²) in [6.45, 7) is 6.24. The van der Waals surface area contributed by atoms with Gasteiger partial charge in [0.15, 0.2) is 6.17 Å². The van der Waals surface area contributed by atoms with Gasteiger partial charge in [-0.05, 0) is 61.9 Å². The lowest BCUT2D eigenvalue weighted by Crippen LogP contribution is -2.27. The minimum atomic E-state index is -0.250. The number of ether oxygens (including phenoxy) is 1. The molecule has 1 atom stereocenters. The van der Waals surface area contributed by atoms with Crippen LogP contribution in [0.2, 0.25) is 0 Å². The first-order valence-electron chi connectivity index (χ1n) is 11.3. The molecule has 4 aromatic rings. The van der Waals surface area contributed by atoms with Gasteiger partial charge in [0.2, 0.25) is 5.90 Å². The number of para-hydroxylation sites is 2. The maximum absolute atomic E-state index is 6.44. The number of aromatic nitrogens is 2. The van der Waals surface area contributed by atoms with Gasteiger partial charge in [0.05, 0.1) is 16.6 Å². The van der Waals surface area contributed by atoms with Crippen molar-refractivity contribution in [3.8, 4) is 5.75 Å². The zero-order chi connectivity index (χ0) is 22.5.